The van der Waals surface area contributed by atoms with Gasteiger partial charge in [0.15, 0.2) is 0 Å². The SMILES string of the molecule is CCc1ccc(Cn2c(=O)nc(N3CCN(C)CC3)n(Cc3ccc(OC)cc3)c2=O)cc1. The Morgan fingerprint density at radius 2 is 1.36 bits per heavy atom. The van der Waals surface area contributed by atoms with Crippen LogP contribution >= 0.6 is 0 Å². The van der Waals surface area contributed by atoms with E-state index >= 15 is 0 Å². The molecule has 1 fully saturated rings. The lowest BCUT2D eigenvalue weighted by molar-refractivity contribution is 0.309. The molecule has 0 spiro atoms. The zero-order chi connectivity index (χ0) is 23.4. The summed E-state index contributed by atoms with van der Waals surface area (Å²) >= 11 is 0. The van der Waals surface area contributed by atoms with Gasteiger partial charge in [0, 0.05) is 26.2 Å². The van der Waals surface area contributed by atoms with Gasteiger partial charge in [0.1, 0.15) is 5.75 Å². The highest BCUT2D eigenvalue weighted by Crippen LogP contribution is 2.16. The first kappa shape index (κ1) is 22.8. The molecule has 2 heterocycles. The summed E-state index contributed by atoms with van der Waals surface area (Å²) in [5.41, 5.74) is 2.19. The van der Waals surface area contributed by atoms with E-state index in [0.717, 1.165) is 36.4 Å². The molecule has 8 nitrogen and oxygen atoms in total. The van der Waals surface area contributed by atoms with Crippen molar-refractivity contribution in [2.75, 3.05) is 45.2 Å². The maximum Gasteiger partial charge on any atom is 0.355 e. The van der Waals surface area contributed by atoms with Crippen LogP contribution in [0.1, 0.15) is 23.6 Å². The summed E-state index contributed by atoms with van der Waals surface area (Å²) in [6, 6.07) is 15.6. The molecule has 0 radical (unpaired) electrons. The summed E-state index contributed by atoms with van der Waals surface area (Å²) in [6.07, 6.45) is 0.941. The molecular weight excluding hydrogens is 418 g/mol. The van der Waals surface area contributed by atoms with Crippen molar-refractivity contribution in [1.29, 1.82) is 0 Å². The number of anilines is 1. The van der Waals surface area contributed by atoms with Gasteiger partial charge in [-0.25, -0.2) is 14.2 Å². The van der Waals surface area contributed by atoms with Crippen molar-refractivity contribution in [3.8, 4) is 5.75 Å². The molecule has 1 aliphatic heterocycles. The Labute approximate surface area is 193 Å². The Morgan fingerprint density at radius 1 is 0.818 bits per heavy atom. The fourth-order valence-electron chi connectivity index (χ4n) is 4.02. The van der Waals surface area contributed by atoms with Crippen molar-refractivity contribution in [2.24, 2.45) is 0 Å². The highest BCUT2D eigenvalue weighted by molar-refractivity contribution is 5.34. The fourth-order valence-corrected chi connectivity index (χ4v) is 4.02. The first-order valence-electron chi connectivity index (χ1n) is 11.3. The number of methoxy groups -OCH3 is 1. The molecule has 0 atom stereocenters. The van der Waals surface area contributed by atoms with Crippen LogP contribution in [0.15, 0.2) is 58.1 Å². The molecule has 4 rings (SSSR count). The van der Waals surface area contributed by atoms with Gasteiger partial charge in [0.2, 0.25) is 5.95 Å². The molecule has 0 bridgehead atoms. The van der Waals surface area contributed by atoms with Crippen LogP contribution in [0.25, 0.3) is 0 Å². The molecular formula is C25H31N5O3. The number of benzene rings is 2. The number of nitrogens with zero attached hydrogens (tertiary/aromatic N) is 5. The van der Waals surface area contributed by atoms with Crippen LogP contribution in [0.5, 0.6) is 5.75 Å². The van der Waals surface area contributed by atoms with E-state index in [2.05, 4.69) is 23.9 Å². The molecule has 174 valence electrons. The maximum absolute atomic E-state index is 13.6. The number of hydrogen-bond donors (Lipinski definition) is 0. The van der Waals surface area contributed by atoms with Gasteiger partial charge in [-0.15, -0.1) is 0 Å². The highest BCUT2D eigenvalue weighted by atomic mass is 16.5. The molecule has 0 N–H and O–H groups in total. The molecule has 8 heteroatoms. The van der Waals surface area contributed by atoms with Gasteiger partial charge < -0.3 is 14.5 Å². The summed E-state index contributed by atoms with van der Waals surface area (Å²) in [4.78, 5) is 35.2. The van der Waals surface area contributed by atoms with Gasteiger partial charge in [-0.3, -0.25) is 4.57 Å². The summed E-state index contributed by atoms with van der Waals surface area (Å²) in [7, 11) is 3.69. The smallest absolute Gasteiger partial charge is 0.355 e. The molecule has 1 saturated heterocycles. The van der Waals surface area contributed by atoms with Gasteiger partial charge in [0.05, 0.1) is 20.2 Å². The van der Waals surface area contributed by atoms with Crippen molar-refractivity contribution in [2.45, 2.75) is 26.4 Å². The Bertz CT molecular complexity index is 1190. The first-order chi connectivity index (χ1) is 16.0. The van der Waals surface area contributed by atoms with Crippen LogP contribution < -0.4 is 21.0 Å². The van der Waals surface area contributed by atoms with Crippen molar-refractivity contribution in [3.05, 3.63) is 86.2 Å². The number of aryl methyl sites for hydroxylation is 1. The van der Waals surface area contributed by atoms with E-state index < -0.39 is 5.69 Å². The van der Waals surface area contributed by atoms with E-state index in [1.54, 1.807) is 11.7 Å². The summed E-state index contributed by atoms with van der Waals surface area (Å²) < 4.78 is 8.10. The number of likely N-dealkylation sites (N-methyl/N-ethyl adjacent to an activating group) is 1. The molecule has 0 unspecified atom stereocenters. The second-order valence-electron chi connectivity index (χ2n) is 8.46. The Balaban J connectivity index is 1.74. The quantitative estimate of drug-likeness (QED) is 0.548. The topological polar surface area (TPSA) is 72.6 Å². The maximum atomic E-state index is 13.6. The third-order valence-electron chi connectivity index (χ3n) is 6.19. The monoisotopic (exact) mass is 449 g/mol. The summed E-state index contributed by atoms with van der Waals surface area (Å²) in [5.74, 6) is 1.19. The molecule has 33 heavy (non-hydrogen) atoms. The Hall–Kier alpha value is -3.39. The van der Waals surface area contributed by atoms with Crippen LogP contribution in [0, 0.1) is 0 Å². The van der Waals surface area contributed by atoms with Gasteiger partial charge in [-0.1, -0.05) is 43.3 Å². The summed E-state index contributed by atoms with van der Waals surface area (Å²) in [6.45, 7) is 5.75. The van der Waals surface area contributed by atoms with Crippen molar-refractivity contribution in [1.82, 2.24) is 19.0 Å². The predicted molar refractivity (Wildman–Crippen MR) is 129 cm³/mol. The molecule has 1 aromatic heterocycles. The average Bonchev–Trinajstić information content (AvgIpc) is 2.84. The normalized spacial score (nSPS) is 14.5. The van der Waals surface area contributed by atoms with E-state index in [0.29, 0.717) is 25.6 Å². The van der Waals surface area contributed by atoms with Crippen molar-refractivity contribution >= 4 is 5.95 Å². The lowest BCUT2D eigenvalue weighted by Crippen LogP contribution is -2.50. The third kappa shape index (κ3) is 5.17. The van der Waals surface area contributed by atoms with Gasteiger partial charge >= 0.3 is 11.4 Å². The van der Waals surface area contributed by atoms with Crippen LogP contribution in [-0.4, -0.2) is 59.4 Å². The van der Waals surface area contributed by atoms with E-state index in [1.807, 2.05) is 53.4 Å². The number of aromatic nitrogens is 3. The minimum absolute atomic E-state index is 0.195. The molecule has 1 aliphatic rings. The molecule has 0 aliphatic carbocycles. The zero-order valence-corrected chi connectivity index (χ0v) is 19.5. The van der Waals surface area contributed by atoms with Gasteiger partial charge in [-0.05, 0) is 42.3 Å². The molecule has 0 saturated carbocycles. The van der Waals surface area contributed by atoms with Crippen LogP contribution in [-0.2, 0) is 19.5 Å². The number of hydrogen-bond acceptors (Lipinski definition) is 6. The minimum atomic E-state index is -0.514. The Kier molecular flexibility index (Phi) is 6.93. The lowest BCUT2D eigenvalue weighted by Gasteiger charge is -2.34. The molecule has 2 aromatic carbocycles. The zero-order valence-electron chi connectivity index (χ0n) is 19.5. The van der Waals surface area contributed by atoms with Crippen molar-refractivity contribution in [3.63, 3.8) is 0 Å². The predicted octanol–water partition coefficient (Wildman–Crippen LogP) is 1.82. The summed E-state index contributed by atoms with van der Waals surface area (Å²) in [5, 5.41) is 0. The van der Waals surface area contributed by atoms with Gasteiger partial charge in [0.25, 0.3) is 0 Å². The third-order valence-corrected chi connectivity index (χ3v) is 6.19. The number of ether oxygens (including phenoxy) is 1. The minimum Gasteiger partial charge on any atom is -0.497 e. The van der Waals surface area contributed by atoms with Crippen LogP contribution in [0.4, 0.5) is 5.95 Å². The number of piperazine rings is 1. The highest BCUT2D eigenvalue weighted by Gasteiger charge is 2.22. The first-order valence-corrected chi connectivity index (χ1v) is 11.3. The van der Waals surface area contributed by atoms with Crippen molar-refractivity contribution < 1.29 is 4.74 Å². The fraction of sp³-hybridized carbons (Fsp3) is 0.400. The van der Waals surface area contributed by atoms with Crippen LogP contribution in [0.2, 0.25) is 0 Å². The van der Waals surface area contributed by atoms with Gasteiger partial charge in [-0.2, -0.15) is 4.98 Å². The second-order valence-corrected chi connectivity index (χ2v) is 8.46. The largest absolute Gasteiger partial charge is 0.497 e. The van der Waals surface area contributed by atoms with E-state index in [9.17, 15) is 9.59 Å². The molecule has 3 aromatic rings. The Morgan fingerprint density at radius 3 is 1.94 bits per heavy atom. The lowest BCUT2D eigenvalue weighted by atomic mass is 10.1. The van der Waals surface area contributed by atoms with E-state index in [-0.39, 0.29) is 12.2 Å². The van der Waals surface area contributed by atoms with E-state index in [4.69, 9.17) is 4.74 Å². The number of rotatable bonds is 7. The average molecular weight is 450 g/mol. The molecule has 0 amide bonds. The van der Waals surface area contributed by atoms with Crippen LogP contribution in [0.3, 0.4) is 0 Å². The second kappa shape index (κ2) is 10.0. The standard InChI is InChI=1S/C25H31N5O3/c1-4-19-5-7-20(8-6-19)18-30-24(31)26-23(28-15-13-27(2)14-16-28)29(25(30)32)17-21-9-11-22(33-3)12-10-21/h5-12H,4,13-18H2,1-3H3. The van der Waals surface area contributed by atoms with E-state index in [1.165, 1.54) is 10.1 Å².